The number of sulfonamides is 1. The van der Waals surface area contributed by atoms with E-state index in [0.717, 1.165) is 19.2 Å². The Kier molecular flexibility index (Phi) is 5.34. The Morgan fingerprint density at radius 1 is 1.30 bits per heavy atom. The quantitative estimate of drug-likeness (QED) is 0.784. The normalized spacial score (nSPS) is 19.9. The summed E-state index contributed by atoms with van der Waals surface area (Å²) in [5.41, 5.74) is 0. The fourth-order valence-corrected chi connectivity index (χ4v) is 5.13. The molecule has 1 aromatic rings. The largest absolute Gasteiger partial charge is 0.495 e. The van der Waals surface area contributed by atoms with Crippen LogP contribution < -0.4 is 10.1 Å². The first-order chi connectivity index (χ1) is 10.7. The Hall–Kier alpha value is -1.16. The summed E-state index contributed by atoms with van der Waals surface area (Å²) in [5, 5.41) is 3.05. The van der Waals surface area contributed by atoms with E-state index >= 15 is 0 Å². The Morgan fingerprint density at radius 2 is 2.00 bits per heavy atom. The highest BCUT2D eigenvalue weighted by molar-refractivity contribution is 7.91. The zero-order valence-corrected chi connectivity index (χ0v) is 15.1. The highest BCUT2D eigenvalue weighted by Crippen LogP contribution is 2.32. The summed E-state index contributed by atoms with van der Waals surface area (Å²) in [7, 11) is -4.11. The van der Waals surface area contributed by atoms with Gasteiger partial charge in [-0.15, -0.1) is 0 Å². The van der Waals surface area contributed by atoms with E-state index < -0.39 is 19.9 Å². The number of sulfone groups is 1. The van der Waals surface area contributed by atoms with Crippen molar-refractivity contribution in [3.05, 3.63) is 18.2 Å². The summed E-state index contributed by atoms with van der Waals surface area (Å²) in [5.74, 6) is 0.397. The number of nitrogens with zero attached hydrogens (tertiary/aromatic N) is 1. The molecule has 2 rings (SSSR count). The SMILES string of the molecule is CNCC1CCN(S(=O)(=O)c2cc(S(C)(=O)=O)ccc2OC)C1. The van der Waals surface area contributed by atoms with Crippen molar-refractivity contribution in [1.29, 1.82) is 0 Å². The van der Waals surface area contributed by atoms with Gasteiger partial charge in [0.25, 0.3) is 0 Å². The molecule has 0 amide bonds. The average Bonchev–Trinajstić information content (AvgIpc) is 2.95. The van der Waals surface area contributed by atoms with Crippen LogP contribution in [0.25, 0.3) is 0 Å². The third-order valence-corrected chi connectivity index (χ3v) is 6.92. The molecule has 0 aliphatic carbocycles. The summed E-state index contributed by atoms with van der Waals surface area (Å²) in [4.78, 5) is -0.143. The number of methoxy groups -OCH3 is 1. The molecule has 1 N–H and O–H groups in total. The van der Waals surface area contributed by atoms with E-state index in [-0.39, 0.29) is 21.5 Å². The van der Waals surface area contributed by atoms with E-state index in [2.05, 4.69) is 5.32 Å². The molecule has 0 aromatic heterocycles. The lowest BCUT2D eigenvalue weighted by Gasteiger charge is -2.19. The first kappa shape index (κ1) is 18.2. The minimum Gasteiger partial charge on any atom is -0.495 e. The molecule has 1 aromatic carbocycles. The molecule has 0 bridgehead atoms. The van der Waals surface area contributed by atoms with Crippen molar-refractivity contribution in [2.75, 3.05) is 40.0 Å². The highest BCUT2D eigenvalue weighted by atomic mass is 32.2. The van der Waals surface area contributed by atoms with Crippen molar-refractivity contribution in [2.24, 2.45) is 5.92 Å². The van der Waals surface area contributed by atoms with Gasteiger partial charge < -0.3 is 10.1 Å². The van der Waals surface area contributed by atoms with E-state index in [9.17, 15) is 16.8 Å². The van der Waals surface area contributed by atoms with Crippen LogP contribution in [0.3, 0.4) is 0 Å². The van der Waals surface area contributed by atoms with Crippen LogP contribution in [0.4, 0.5) is 0 Å². The fourth-order valence-electron chi connectivity index (χ4n) is 2.70. The van der Waals surface area contributed by atoms with E-state index in [1.165, 1.54) is 29.6 Å². The lowest BCUT2D eigenvalue weighted by molar-refractivity contribution is 0.396. The second-order valence-corrected chi connectivity index (χ2v) is 9.58. The van der Waals surface area contributed by atoms with Crippen molar-refractivity contribution in [3.63, 3.8) is 0 Å². The fraction of sp³-hybridized carbons (Fsp3) is 0.571. The van der Waals surface area contributed by atoms with Gasteiger partial charge in [-0.3, -0.25) is 0 Å². The number of hydrogen-bond acceptors (Lipinski definition) is 6. The van der Waals surface area contributed by atoms with Crippen molar-refractivity contribution in [1.82, 2.24) is 9.62 Å². The van der Waals surface area contributed by atoms with Gasteiger partial charge in [0.15, 0.2) is 9.84 Å². The lowest BCUT2D eigenvalue weighted by atomic mass is 10.1. The maximum absolute atomic E-state index is 12.9. The monoisotopic (exact) mass is 362 g/mol. The first-order valence-corrected chi connectivity index (χ1v) is 10.6. The Bertz CT molecular complexity index is 774. The summed E-state index contributed by atoms with van der Waals surface area (Å²) in [6.07, 6.45) is 1.82. The molecule has 1 saturated heterocycles. The highest BCUT2D eigenvalue weighted by Gasteiger charge is 2.34. The van der Waals surface area contributed by atoms with Crippen molar-refractivity contribution in [2.45, 2.75) is 16.2 Å². The second kappa shape index (κ2) is 6.76. The maximum Gasteiger partial charge on any atom is 0.246 e. The molecule has 1 atom stereocenters. The predicted octanol–water partition coefficient (Wildman–Crippen LogP) is 0.329. The second-order valence-electron chi connectivity index (χ2n) is 5.66. The van der Waals surface area contributed by atoms with Crippen molar-refractivity contribution < 1.29 is 21.6 Å². The smallest absolute Gasteiger partial charge is 0.246 e. The number of benzene rings is 1. The summed E-state index contributed by atoms with van der Waals surface area (Å²) >= 11 is 0. The number of rotatable bonds is 6. The molecule has 1 aliphatic rings. The van der Waals surface area contributed by atoms with E-state index in [4.69, 9.17) is 4.74 Å². The molecule has 1 unspecified atom stereocenters. The van der Waals surface area contributed by atoms with Gasteiger partial charge in [0.2, 0.25) is 10.0 Å². The Labute approximate surface area is 137 Å². The number of hydrogen-bond donors (Lipinski definition) is 1. The minimum absolute atomic E-state index is 0.0390. The van der Waals surface area contributed by atoms with Crippen LogP contribution in [0.1, 0.15) is 6.42 Å². The van der Waals surface area contributed by atoms with Gasteiger partial charge in [-0.25, -0.2) is 16.8 Å². The predicted molar refractivity (Wildman–Crippen MR) is 86.9 cm³/mol. The van der Waals surface area contributed by atoms with Crippen LogP contribution in [0, 0.1) is 5.92 Å². The Balaban J connectivity index is 2.43. The van der Waals surface area contributed by atoms with E-state index in [1.807, 2.05) is 7.05 Å². The summed E-state index contributed by atoms with van der Waals surface area (Å²) in [6.45, 7) is 1.57. The molecule has 23 heavy (non-hydrogen) atoms. The van der Waals surface area contributed by atoms with Gasteiger partial charge >= 0.3 is 0 Å². The first-order valence-electron chi connectivity index (χ1n) is 7.23. The molecule has 0 radical (unpaired) electrons. The zero-order valence-electron chi connectivity index (χ0n) is 13.4. The molecule has 1 fully saturated rings. The summed E-state index contributed by atoms with van der Waals surface area (Å²) < 4.78 is 55.7. The van der Waals surface area contributed by atoms with E-state index in [0.29, 0.717) is 13.1 Å². The third kappa shape index (κ3) is 3.85. The van der Waals surface area contributed by atoms with Crippen LogP contribution in [0.15, 0.2) is 28.0 Å². The third-order valence-electron chi connectivity index (χ3n) is 3.92. The molecule has 1 aliphatic heterocycles. The van der Waals surface area contributed by atoms with Crippen molar-refractivity contribution >= 4 is 19.9 Å². The molecule has 9 heteroatoms. The molecule has 1 heterocycles. The lowest BCUT2D eigenvalue weighted by Crippen LogP contribution is -2.30. The van der Waals surface area contributed by atoms with Gasteiger partial charge in [-0.1, -0.05) is 0 Å². The van der Waals surface area contributed by atoms with Crippen LogP contribution in [0.5, 0.6) is 5.75 Å². The van der Waals surface area contributed by atoms with Crippen molar-refractivity contribution in [3.8, 4) is 5.75 Å². The maximum atomic E-state index is 12.9. The molecular weight excluding hydrogens is 340 g/mol. The summed E-state index contributed by atoms with van der Waals surface area (Å²) in [6, 6.07) is 3.90. The molecular formula is C14H22N2O5S2. The minimum atomic E-state index is -3.80. The zero-order chi connectivity index (χ0) is 17.3. The van der Waals surface area contributed by atoms with E-state index in [1.54, 1.807) is 0 Å². The van der Waals surface area contributed by atoms with Crippen LogP contribution in [0.2, 0.25) is 0 Å². The molecule has 0 spiro atoms. The number of nitrogens with one attached hydrogen (secondary N) is 1. The molecule has 130 valence electrons. The van der Waals surface area contributed by atoms with Gasteiger partial charge in [0.05, 0.1) is 12.0 Å². The molecule has 0 saturated carbocycles. The van der Waals surface area contributed by atoms with Crippen LogP contribution >= 0.6 is 0 Å². The van der Waals surface area contributed by atoms with Crippen LogP contribution in [-0.4, -0.2) is 61.2 Å². The number of ether oxygens (including phenoxy) is 1. The van der Waals surface area contributed by atoms with Crippen LogP contribution in [-0.2, 0) is 19.9 Å². The molecule has 7 nitrogen and oxygen atoms in total. The standard InChI is InChI=1S/C14H22N2O5S2/c1-15-9-11-6-7-16(10-11)23(19,20)14-8-12(22(3,17)18)4-5-13(14)21-2/h4-5,8,11,15H,6-7,9-10H2,1-3H3. The van der Waals surface area contributed by atoms with Gasteiger partial charge in [-0.05, 0) is 44.1 Å². The Morgan fingerprint density at radius 3 is 2.57 bits per heavy atom. The topological polar surface area (TPSA) is 92.8 Å². The van der Waals surface area contributed by atoms with Gasteiger partial charge in [-0.2, -0.15) is 4.31 Å². The average molecular weight is 362 g/mol. The van der Waals surface area contributed by atoms with Gasteiger partial charge in [0.1, 0.15) is 10.6 Å². The van der Waals surface area contributed by atoms with Gasteiger partial charge in [0, 0.05) is 19.3 Å².